The van der Waals surface area contributed by atoms with Gasteiger partial charge in [0.1, 0.15) is 11.5 Å². The molecule has 1 aromatic carbocycles. The molecule has 1 aromatic rings. The number of carboxylic acid groups (broad SMARTS) is 1. The van der Waals surface area contributed by atoms with Crippen molar-refractivity contribution < 1.29 is 29.3 Å². The number of nitrogens with two attached hydrogens (primary N) is 1. The van der Waals surface area contributed by atoms with E-state index in [1.807, 2.05) is 22.6 Å². The molecule has 27 heavy (non-hydrogen) atoms. The molecule has 0 bridgehead atoms. The third-order valence-corrected chi connectivity index (χ3v) is 5.64. The Morgan fingerprint density at radius 2 is 2.11 bits per heavy atom. The molecule has 3 unspecified atom stereocenters. The summed E-state index contributed by atoms with van der Waals surface area (Å²) in [7, 11) is 1.24. The van der Waals surface area contributed by atoms with Crippen LogP contribution >= 0.6 is 22.6 Å². The first-order valence-corrected chi connectivity index (χ1v) is 9.19. The van der Waals surface area contributed by atoms with E-state index in [-0.39, 0.29) is 12.1 Å². The summed E-state index contributed by atoms with van der Waals surface area (Å²) in [5.74, 6) is -4.08. The third-order valence-electron chi connectivity index (χ3n) is 4.97. The summed E-state index contributed by atoms with van der Waals surface area (Å²) < 4.78 is 14.8. The van der Waals surface area contributed by atoms with E-state index in [9.17, 15) is 29.3 Å². The highest BCUT2D eigenvalue weighted by atomic mass is 127. The van der Waals surface area contributed by atoms with E-state index in [4.69, 9.17) is 5.73 Å². The van der Waals surface area contributed by atoms with Gasteiger partial charge in [0.05, 0.1) is 11.4 Å². The predicted molar refractivity (Wildman–Crippen MR) is 104 cm³/mol. The zero-order valence-electron chi connectivity index (χ0n) is 14.7. The van der Waals surface area contributed by atoms with Gasteiger partial charge < -0.3 is 31.3 Å². The molecule has 6 N–H and O–H groups in total. The number of anilines is 1. The van der Waals surface area contributed by atoms with Crippen LogP contribution in [0.1, 0.15) is 13.3 Å². The topological polar surface area (TPSA) is 136 Å². The summed E-state index contributed by atoms with van der Waals surface area (Å²) in [5.41, 5.74) is 0.695. The summed E-state index contributed by atoms with van der Waals surface area (Å²) in [4.78, 5) is 25.4. The maximum Gasteiger partial charge on any atom is 0.346 e. The quantitative estimate of drug-likeness (QED) is 0.368. The second-order valence-corrected chi connectivity index (χ2v) is 7.58. The molecule has 0 aliphatic carbocycles. The number of nitrogens with zero attached hydrogens (tertiary/aromatic N) is 1. The fourth-order valence-corrected chi connectivity index (χ4v) is 3.72. The lowest BCUT2D eigenvalue weighted by molar-refractivity contribution is -0.184. The van der Waals surface area contributed by atoms with Crippen molar-refractivity contribution in [2.45, 2.75) is 24.6 Å². The maximum atomic E-state index is 14.2. The van der Waals surface area contributed by atoms with E-state index in [2.05, 4.69) is 5.32 Å². The standard InChI is InChI=1S/C17H21FIN3O5/c1-3-9(8-23)17(20)16(27,15(25)26)13(7-14(24)22(17)2)21-12-5-4-10(19)6-11(12)18/h4-7,9,21,23,27H,3,8,20H2,1-2H3,(H,25,26). The molecule has 2 rings (SSSR count). The molecule has 3 atom stereocenters. The molecule has 10 heteroatoms. The normalized spacial score (nSPS) is 26.6. The summed E-state index contributed by atoms with van der Waals surface area (Å²) >= 11 is 1.91. The number of hydrogen-bond donors (Lipinski definition) is 5. The number of carbonyl (C=O) groups excluding carboxylic acids is 1. The minimum Gasteiger partial charge on any atom is -0.479 e. The number of amides is 1. The van der Waals surface area contributed by atoms with Gasteiger partial charge in [0.25, 0.3) is 0 Å². The Bertz CT molecular complexity index is 801. The number of rotatable bonds is 6. The van der Waals surface area contributed by atoms with Gasteiger partial charge >= 0.3 is 5.97 Å². The highest BCUT2D eigenvalue weighted by Gasteiger charge is 2.65. The molecular weight excluding hydrogens is 472 g/mol. The Balaban J connectivity index is 2.66. The Labute approximate surface area is 169 Å². The summed E-state index contributed by atoms with van der Waals surface area (Å²) in [6.07, 6.45) is 1.05. The van der Waals surface area contributed by atoms with Crippen molar-refractivity contribution in [2.24, 2.45) is 11.7 Å². The zero-order valence-corrected chi connectivity index (χ0v) is 16.9. The van der Waals surface area contributed by atoms with Crippen LogP contribution < -0.4 is 11.1 Å². The Kier molecular flexibility index (Phi) is 6.14. The summed E-state index contributed by atoms with van der Waals surface area (Å²) in [6, 6.07) is 4.13. The minimum atomic E-state index is -2.81. The Morgan fingerprint density at radius 1 is 1.48 bits per heavy atom. The van der Waals surface area contributed by atoms with Crippen molar-refractivity contribution in [1.29, 1.82) is 0 Å². The third kappa shape index (κ3) is 3.30. The average Bonchev–Trinajstić information content (AvgIpc) is 2.61. The molecule has 1 aliphatic heterocycles. The largest absolute Gasteiger partial charge is 0.479 e. The fourth-order valence-electron chi connectivity index (χ4n) is 3.26. The molecule has 0 saturated heterocycles. The molecule has 8 nitrogen and oxygen atoms in total. The number of benzene rings is 1. The molecule has 0 aromatic heterocycles. The zero-order chi connectivity index (χ0) is 20.6. The number of nitrogens with one attached hydrogen (secondary N) is 1. The number of aliphatic carboxylic acids is 1. The van der Waals surface area contributed by atoms with Crippen LogP contribution in [-0.2, 0) is 9.59 Å². The van der Waals surface area contributed by atoms with Gasteiger partial charge in [-0.15, -0.1) is 0 Å². The van der Waals surface area contributed by atoms with Crippen molar-refractivity contribution in [1.82, 2.24) is 4.90 Å². The van der Waals surface area contributed by atoms with Crippen molar-refractivity contribution >= 4 is 40.2 Å². The summed E-state index contributed by atoms with van der Waals surface area (Å²) in [5, 5.41) is 33.2. The summed E-state index contributed by atoms with van der Waals surface area (Å²) in [6.45, 7) is 1.08. The predicted octanol–water partition coefficient (Wildman–Crippen LogP) is 0.687. The second-order valence-electron chi connectivity index (χ2n) is 6.33. The van der Waals surface area contributed by atoms with Gasteiger partial charge in [-0.1, -0.05) is 6.92 Å². The van der Waals surface area contributed by atoms with E-state index >= 15 is 0 Å². The van der Waals surface area contributed by atoms with Crippen molar-refractivity contribution in [3.05, 3.63) is 39.4 Å². The molecule has 1 amide bonds. The SMILES string of the molecule is CCC(CO)C1(N)N(C)C(=O)C=C(Nc2ccc(I)cc2F)C1(O)C(=O)O. The first kappa shape index (κ1) is 21.5. The molecular formula is C17H21FIN3O5. The first-order chi connectivity index (χ1) is 12.5. The number of likely N-dealkylation sites (N-methyl/N-ethyl adjacent to an activating group) is 1. The van der Waals surface area contributed by atoms with Crippen LogP contribution in [0, 0.1) is 15.3 Å². The van der Waals surface area contributed by atoms with Crippen molar-refractivity contribution in [3.63, 3.8) is 0 Å². The van der Waals surface area contributed by atoms with E-state index in [0.717, 1.165) is 11.0 Å². The Morgan fingerprint density at radius 3 is 2.59 bits per heavy atom. The van der Waals surface area contributed by atoms with Crippen LogP contribution in [0.15, 0.2) is 30.0 Å². The molecule has 0 saturated carbocycles. The van der Waals surface area contributed by atoms with E-state index in [1.165, 1.54) is 19.2 Å². The molecule has 0 radical (unpaired) electrons. The van der Waals surface area contributed by atoms with Gasteiger partial charge in [0.2, 0.25) is 11.5 Å². The minimum absolute atomic E-state index is 0.127. The second kappa shape index (κ2) is 7.70. The van der Waals surface area contributed by atoms with Crippen LogP contribution in [0.2, 0.25) is 0 Å². The Hall–Kier alpha value is -1.76. The van der Waals surface area contributed by atoms with Crippen LogP contribution in [0.5, 0.6) is 0 Å². The number of hydrogen-bond acceptors (Lipinski definition) is 6. The number of carbonyl (C=O) groups is 2. The molecule has 148 valence electrons. The smallest absolute Gasteiger partial charge is 0.346 e. The van der Waals surface area contributed by atoms with Crippen molar-refractivity contribution in [3.8, 4) is 0 Å². The fraction of sp³-hybridized carbons (Fsp3) is 0.412. The van der Waals surface area contributed by atoms with E-state index in [1.54, 1.807) is 13.0 Å². The van der Waals surface area contributed by atoms with Gasteiger partial charge in [-0.25, -0.2) is 9.18 Å². The molecule has 0 spiro atoms. The lowest BCUT2D eigenvalue weighted by atomic mass is 9.72. The highest BCUT2D eigenvalue weighted by molar-refractivity contribution is 14.1. The van der Waals surface area contributed by atoms with Gasteiger partial charge in [0, 0.05) is 29.2 Å². The highest BCUT2D eigenvalue weighted by Crippen LogP contribution is 2.41. The van der Waals surface area contributed by atoms with Crippen LogP contribution in [0.3, 0.4) is 0 Å². The van der Waals surface area contributed by atoms with E-state index < -0.39 is 47.2 Å². The monoisotopic (exact) mass is 493 g/mol. The molecule has 1 heterocycles. The van der Waals surface area contributed by atoms with E-state index in [0.29, 0.717) is 3.57 Å². The lowest BCUT2D eigenvalue weighted by Crippen LogP contribution is -2.79. The average molecular weight is 493 g/mol. The van der Waals surface area contributed by atoms with Gasteiger partial charge in [-0.05, 0) is 47.2 Å². The van der Waals surface area contributed by atoms with Crippen LogP contribution in [0.4, 0.5) is 10.1 Å². The lowest BCUT2D eigenvalue weighted by Gasteiger charge is -2.53. The van der Waals surface area contributed by atoms with Gasteiger partial charge in [-0.3, -0.25) is 4.79 Å². The number of halogens is 2. The maximum absolute atomic E-state index is 14.2. The molecule has 0 fully saturated rings. The number of aliphatic hydroxyl groups excluding tert-OH is 1. The first-order valence-electron chi connectivity index (χ1n) is 8.11. The number of aliphatic hydroxyl groups is 2. The van der Waals surface area contributed by atoms with Gasteiger partial charge in [-0.2, -0.15) is 0 Å². The van der Waals surface area contributed by atoms with Crippen LogP contribution in [0.25, 0.3) is 0 Å². The van der Waals surface area contributed by atoms with Gasteiger partial charge in [0.15, 0.2) is 0 Å². The van der Waals surface area contributed by atoms with Crippen LogP contribution in [-0.4, -0.2) is 57.0 Å². The number of carboxylic acids is 1. The molecule has 1 aliphatic rings. The van der Waals surface area contributed by atoms with Crippen molar-refractivity contribution in [2.75, 3.05) is 19.0 Å².